The Morgan fingerprint density at radius 1 is 0.765 bits per heavy atom. The Bertz CT molecular complexity index is 548. The SMILES string of the molecule is Cc1cc(P)ccc1-c1cc(C)c(P)c(C)c1. The number of benzene rings is 2. The van der Waals surface area contributed by atoms with Gasteiger partial charge in [-0.15, -0.1) is 18.5 Å². The van der Waals surface area contributed by atoms with Gasteiger partial charge in [-0.2, -0.15) is 0 Å². The van der Waals surface area contributed by atoms with Gasteiger partial charge in [-0.25, -0.2) is 0 Å². The molecule has 0 saturated carbocycles. The average Bonchev–Trinajstić information content (AvgIpc) is 2.25. The first-order valence-corrected chi connectivity index (χ1v) is 6.87. The molecule has 0 N–H and O–H groups in total. The van der Waals surface area contributed by atoms with E-state index in [-0.39, 0.29) is 0 Å². The lowest BCUT2D eigenvalue weighted by Crippen LogP contribution is -2.03. The highest BCUT2D eigenvalue weighted by atomic mass is 31.0. The van der Waals surface area contributed by atoms with Gasteiger partial charge in [-0.1, -0.05) is 30.3 Å². The van der Waals surface area contributed by atoms with Gasteiger partial charge in [0, 0.05) is 0 Å². The molecule has 2 aromatic rings. The second-order valence-electron chi connectivity index (χ2n) is 4.60. The summed E-state index contributed by atoms with van der Waals surface area (Å²) < 4.78 is 0. The second kappa shape index (κ2) is 4.89. The number of hydrogen-bond acceptors (Lipinski definition) is 0. The van der Waals surface area contributed by atoms with Crippen LogP contribution in [0.3, 0.4) is 0 Å². The summed E-state index contributed by atoms with van der Waals surface area (Å²) in [5.41, 5.74) is 6.63. The molecule has 2 rings (SSSR count). The van der Waals surface area contributed by atoms with Crippen molar-refractivity contribution in [2.45, 2.75) is 20.8 Å². The molecule has 0 amide bonds. The smallest absolute Gasteiger partial charge is 0.0154 e. The molecule has 0 nitrogen and oxygen atoms in total. The zero-order valence-corrected chi connectivity index (χ0v) is 12.9. The highest BCUT2D eigenvalue weighted by Crippen LogP contribution is 2.25. The fourth-order valence-corrected chi connectivity index (χ4v) is 2.65. The zero-order chi connectivity index (χ0) is 12.6. The summed E-state index contributed by atoms with van der Waals surface area (Å²) in [6.07, 6.45) is 0. The summed E-state index contributed by atoms with van der Waals surface area (Å²) in [7, 11) is 5.57. The topological polar surface area (TPSA) is 0 Å². The lowest BCUT2D eigenvalue weighted by Gasteiger charge is -2.11. The number of aryl methyl sites for hydroxylation is 3. The van der Waals surface area contributed by atoms with Crippen molar-refractivity contribution in [3.05, 3.63) is 47.0 Å². The predicted molar refractivity (Wildman–Crippen MR) is 84.8 cm³/mol. The first-order chi connectivity index (χ1) is 7.99. The van der Waals surface area contributed by atoms with Crippen molar-refractivity contribution < 1.29 is 0 Å². The largest absolute Gasteiger partial charge is 0.106 e. The van der Waals surface area contributed by atoms with Crippen LogP contribution in [-0.4, -0.2) is 0 Å². The Hall–Kier alpha value is -0.700. The molecule has 2 unspecified atom stereocenters. The van der Waals surface area contributed by atoms with Crippen LogP contribution in [0.25, 0.3) is 11.1 Å². The minimum Gasteiger partial charge on any atom is -0.106 e. The van der Waals surface area contributed by atoms with Gasteiger partial charge in [0.1, 0.15) is 0 Å². The van der Waals surface area contributed by atoms with Crippen LogP contribution in [0.1, 0.15) is 16.7 Å². The first kappa shape index (κ1) is 12.7. The predicted octanol–water partition coefficient (Wildman–Crippen LogP) is 3.28. The van der Waals surface area contributed by atoms with E-state index >= 15 is 0 Å². The van der Waals surface area contributed by atoms with Crippen molar-refractivity contribution in [2.24, 2.45) is 0 Å². The van der Waals surface area contributed by atoms with E-state index in [2.05, 4.69) is 69.6 Å². The highest BCUT2D eigenvalue weighted by Gasteiger charge is 2.05. The van der Waals surface area contributed by atoms with Gasteiger partial charge >= 0.3 is 0 Å². The summed E-state index contributed by atoms with van der Waals surface area (Å²) in [5.74, 6) is 0. The molecule has 0 radical (unpaired) electrons. The molecular weight excluding hydrogens is 242 g/mol. The second-order valence-corrected chi connectivity index (χ2v) is 5.84. The molecule has 0 aliphatic carbocycles. The van der Waals surface area contributed by atoms with Crippen LogP contribution >= 0.6 is 18.5 Å². The van der Waals surface area contributed by atoms with Crippen molar-refractivity contribution >= 4 is 29.1 Å². The molecule has 2 aromatic carbocycles. The third-order valence-electron chi connectivity index (χ3n) is 3.16. The van der Waals surface area contributed by atoms with Gasteiger partial charge in [-0.3, -0.25) is 0 Å². The van der Waals surface area contributed by atoms with Gasteiger partial charge < -0.3 is 0 Å². The normalized spacial score (nSPS) is 10.6. The van der Waals surface area contributed by atoms with Gasteiger partial charge in [0.05, 0.1) is 0 Å². The van der Waals surface area contributed by atoms with Crippen LogP contribution in [0.2, 0.25) is 0 Å². The van der Waals surface area contributed by atoms with Crippen LogP contribution in [0.4, 0.5) is 0 Å². The first-order valence-electron chi connectivity index (χ1n) is 5.72. The van der Waals surface area contributed by atoms with Gasteiger partial charge in [-0.05, 0) is 59.2 Å². The van der Waals surface area contributed by atoms with E-state index < -0.39 is 0 Å². The molecule has 2 heteroatoms. The molecule has 0 saturated heterocycles. The van der Waals surface area contributed by atoms with Crippen molar-refractivity contribution in [2.75, 3.05) is 0 Å². The molecule has 88 valence electrons. The fraction of sp³-hybridized carbons (Fsp3) is 0.200. The maximum absolute atomic E-state index is 2.82. The molecule has 0 spiro atoms. The fourth-order valence-electron chi connectivity index (χ4n) is 2.14. The quantitative estimate of drug-likeness (QED) is 0.690. The van der Waals surface area contributed by atoms with Crippen molar-refractivity contribution in [1.29, 1.82) is 0 Å². The van der Waals surface area contributed by atoms with Gasteiger partial charge in [0.2, 0.25) is 0 Å². The summed E-state index contributed by atoms with van der Waals surface area (Å²) in [6.45, 7) is 6.50. The minimum atomic E-state index is 1.24. The van der Waals surface area contributed by atoms with E-state index in [1.165, 1.54) is 38.4 Å². The Morgan fingerprint density at radius 2 is 1.35 bits per heavy atom. The number of rotatable bonds is 1. The van der Waals surface area contributed by atoms with E-state index in [1.807, 2.05) is 0 Å². The van der Waals surface area contributed by atoms with Crippen molar-refractivity contribution in [3.63, 3.8) is 0 Å². The van der Waals surface area contributed by atoms with Crippen molar-refractivity contribution in [3.8, 4) is 11.1 Å². The summed E-state index contributed by atoms with van der Waals surface area (Å²) in [4.78, 5) is 0. The molecule has 0 aliphatic heterocycles. The van der Waals surface area contributed by atoms with E-state index in [4.69, 9.17) is 0 Å². The molecule has 0 heterocycles. The van der Waals surface area contributed by atoms with E-state index in [9.17, 15) is 0 Å². The van der Waals surface area contributed by atoms with Crippen LogP contribution in [0.5, 0.6) is 0 Å². The number of hydrogen-bond donors (Lipinski definition) is 0. The Kier molecular flexibility index (Phi) is 3.67. The monoisotopic (exact) mass is 260 g/mol. The molecule has 0 bridgehead atoms. The molecule has 2 atom stereocenters. The minimum absolute atomic E-state index is 1.24. The van der Waals surface area contributed by atoms with Crippen molar-refractivity contribution in [1.82, 2.24) is 0 Å². The van der Waals surface area contributed by atoms with Gasteiger partial charge in [0.15, 0.2) is 0 Å². The molecule has 0 aliphatic rings. The van der Waals surface area contributed by atoms with Crippen LogP contribution in [0.15, 0.2) is 30.3 Å². The highest BCUT2D eigenvalue weighted by molar-refractivity contribution is 7.27. The lowest BCUT2D eigenvalue weighted by molar-refractivity contribution is 1.41. The van der Waals surface area contributed by atoms with E-state index in [1.54, 1.807) is 0 Å². The van der Waals surface area contributed by atoms with E-state index in [0.29, 0.717) is 0 Å². The molecule has 0 fully saturated rings. The Labute approximate surface area is 108 Å². The van der Waals surface area contributed by atoms with Crippen LogP contribution < -0.4 is 10.6 Å². The third kappa shape index (κ3) is 2.59. The van der Waals surface area contributed by atoms with Gasteiger partial charge in [0.25, 0.3) is 0 Å². The third-order valence-corrected chi connectivity index (χ3v) is 4.42. The summed E-state index contributed by atoms with van der Waals surface area (Å²) >= 11 is 0. The maximum atomic E-state index is 2.82. The zero-order valence-electron chi connectivity index (χ0n) is 10.5. The van der Waals surface area contributed by atoms with Crippen LogP contribution in [-0.2, 0) is 0 Å². The lowest BCUT2D eigenvalue weighted by atomic mass is 9.97. The Balaban J connectivity index is 2.61. The Morgan fingerprint density at radius 3 is 1.88 bits per heavy atom. The molecular formula is C15H18P2. The molecule has 0 aromatic heterocycles. The maximum Gasteiger partial charge on any atom is -0.0154 e. The molecule has 17 heavy (non-hydrogen) atoms. The summed E-state index contributed by atoms with van der Waals surface area (Å²) in [5, 5.41) is 2.55. The standard InChI is InChI=1S/C15H18P2/c1-9-8-13(16)4-5-14(9)12-6-10(2)15(17)11(3)7-12/h4-8H,16-17H2,1-3H3. The average molecular weight is 260 g/mol. The van der Waals surface area contributed by atoms with E-state index in [0.717, 1.165) is 0 Å². The van der Waals surface area contributed by atoms with Crippen LogP contribution in [0, 0.1) is 20.8 Å². The summed E-state index contributed by atoms with van der Waals surface area (Å²) in [6, 6.07) is 11.1.